The van der Waals surface area contributed by atoms with Crippen LogP contribution in [0.25, 0.3) is 10.9 Å². The molecule has 2 unspecified atom stereocenters. The molecule has 0 saturated carbocycles. The second-order valence-corrected chi connectivity index (χ2v) is 5.50. The fourth-order valence-electron chi connectivity index (χ4n) is 2.32. The molecule has 2 rings (SSSR count). The summed E-state index contributed by atoms with van der Waals surface area (Å²) >= 11 is 0. The van der Waals surface area contributed by atoms with Crippen LogP contribution in [-0.4, -0.2) is 22.3 Å². The van der Waals surface area contributed by atoms with Gasteiger partial charge in [0.25, 0.3) is 0 Å². The van der Waals surface area contributed by atoms with Crippen LogP contribution in [0.2, 0.25) is 0 Å². The summed E-state index contributed by atoms with van der Waals surface area (Å²) in [5, 5.41) is 10.8. The Morgan fingerprint density at radius 3 is 2.65 bits per heavy atom. The minimum Gasteiger partial charge on any atom is -0.485 e. The lowest BCUT2D eigenvalue weighted by molar-refractivity contribution is 0.0608. The topological polar surface area (TPSA) is 45.2 Å². The van der Waals surface area contributed by atoms with Crippen molar-refractivity contribution in [3.05, 3.63) is 30.0 Å². The molecule has 0 fully saturated rings. The smallest absolute Gasteiger partial charge is 0.148 e. The summed E-state index contributed by atoms with van der Waals surface area (Å²) in [4.78, 5) is 3.46. The zero-order valence-corrected chi connectivity index (χ0v) is 12.6. The maximum Gasteiger partial charge on any atom is 0.148 e. The van der Waals surface area contributed by atoms with Gasteiger partial charge >= 0.3 is 0 Å². The highest BCUT2D eigenvalue weighted by molar-refractivity contribution is 5.87. The number of aliphatic hydroxyl groups excluding tert-OH is 1. The van der Waals surface area contributed by atoms with Crippen molar-refractivity contribution in [3.8, 4) is 5.75 Å². The number of hydrogen-bond donors (Lipinski definition) is 2. The van der Waals surface area contributed by atoms with E-state index in [1.807, 2.05) is 19.1 Å². The molecule has 0 amide bonds. The van der Waals surface area contributed by atoms with Crippen molar-refractivity contribution in [1.29, 1.82) is 0 Å². The molecule has 0 aliphatic heterocycles. The molecule has 20 heavy (non-hydrogen) atoms. The van der Waals surface area contributed by atoms with Crippen LogP contribution in [0.3, 0.4) is 0 Å². The van der Waals surface area contributed by atoms with Gasteiger partial charge in [0, 0.05) is 10.9 Å². The fourth-order valence-corrected chi connectivity index (χ4v) is 2.32. The predicted molar refractivity (Wildman–Crippen MR) is 83.3 cm³/mol. The van der Waals surface area contributed by atoms with E-state index in [2.05, 4.69) is 24.0 Å². The van der Waals surface area contributed by atoms with Crippen molar-refractivity contribution in [1.82, 2.24) is 4.98 Å². The van der Waals surface area contributed by atoms with Crippen LogP contribution in [0, 0.1) is 0 Å². The molecule has 0 aliphatic carbocycles. The summed E-state index contributed by atoms with van der Waals surface area (Å²) in [7, 11) is 0. The molecule has 2 N–H and O–H groups in total. The zero-order valence-electron chi connectivity index (χ0n) is 12.6. The van der Waals surface area contributed by atoms with Gasteiger partial charge in [-0.3, -0.25) is 0 Å². The summed E-state index contributed by atoms with van der Waals surface area (Å²) in [5.74, 6) is 0.908. The Bertz CT molecular complexity index is 545. The number of unbranched alkanes of at least 4 members (excludes halogenated alkanes) is 2. The number of aryl methyl sites for hydroxylation is 1. The Labute approximate surface area is 121 Å². The predicted octanol–water partition coefficient (Wildman–Crippen LogP) is 4.05. The molecule has 0 bridgehead atoms. The molecule has 2 aromatic rings. The summed E-state index contributed by atoms with van der Waals surface area (Å²) in [6.07, 6.45) is 3.89. The number of H-pyrrole nitrogens is 1. The third-order valence-corrected chi connectivity index (χ3v) is 3.74. The molecular formula is C17H25NO2. The lowest BCUT2D eigenvalue weighted by Gasteiger charge is -2.18. The van der Waals surface area contributed by atoms with E-state index in [9.17, 15) is 5.11 Å². The van der Waals surface area contributed by atoms with Crippen molar-refractivity contribution in [2.75, 3.05) is 0 Å². The third kappa shape index (κ3) is 3.34. The lowest BCUT2D eigenvalue weighted by Crippen LogP contribution is -2.25. The van der Waals surface area contributed by atoms with Gasteiger partial charge in [0.2, 0.25) is 0 Å². The van der Waals surface area contributed by atoms with E-state index < -0.39 is 6.10 Å². The van der Waals surface area contributed by atoms with Gasteiger partial charge in [-0.1, -0.05) is 31.9 Å². The normalized spacial score (nSPS) is 14.4. The van der Waals surface area contributed by atoms with Gasteiger partial charge in [-0.15, -0.1) is 0 Å². The average molecular weight is 275 g/mol. The van der Waals surface area contributed by atoms with Gasteiger partial charge < -0.3 is 14.8 Å². The van der Waals surface area contributed by atoms with Crippen LogP contribution < -0.4 is 4.74 Å². The van der Waals surface area contributed by atoms with Gasteiger partial charge in [0.05, 0.1) is 11.8 Å². The highest BCUT2D eigenvalue weighted by Gasteiger charge is 2.17. The van der Waals surface area contributed by atoms with Crippen molar-refractivity contribution in [2.24, 2.45) is 0 Å². The monoisotopic (exact) mass is 275 g/mol. The molecule has 0 radical (unpaired) electrons. The zero-order chi connectivity index (χ0) is 14.5. The lowest BCUT2D eigenvalue weighted by atomic mass is 10.1. The van der Waals surface area contributed by atoms with Crippen molar-refractivity contribution in [2.45, 2.75) is 58.7 Å². The van der Waals surface area contributed by atoms with E-state index in [-0.39, 0.29) is 6.10 Å². The van der Waals surface area contributed by atoms with E-state index in [1.165, 1.54) is 12.8 Å². The Kier molecular flexibility index (Phi) is 5.07. The molecule has 0 saturated heterocycles. The van der Waals surface area contributed by atoms with Gasteiger partial charge in [-0.05, 0) is 38.8 Å². The molecule has 2 atom stereocenters. The Hall–Kier alpha value is -1.48. The number of fused-ring (bicyclic) bond motifs is 1. The number of nitrogens with one attached hydrogen (secondary N) is 1. The minimum atomic E-state index is -0.479. The average Bonchev–Trinajstić information content (AvgIpc) is 2.77. The number of hydrogen-bond acceptors (Lipinski definition) is 2. The summed E-state index contributed by atoms with van der Waals surface area (Å²) in [6, 6.07) is 8.18. The second kappa shape index (κ2) is 6.80. The van der Waals surface area contributed by atoms with E-state index >= 15 is 0 Å². The van der Waals surface area contributed by atoms with Gasteiger partial charge in [-0.2, -0.15) is 0 Å². The molecule has 0 spiro atoms. The Morgan fingerprint density at radius 1 is 1.20 bits per heavy atom. The maximum absolute atomic E-state index is 9.66. The van der Waals surface area contributed by atoms with E-state index in [1.54, 1.807) is 6.92 Å². The van der Waals surface area contributed by atoms with Crippen LogP contribution in [0.15, 0.2) is 24.3 Å². The highest BCUT2D eigenvalue weighted by atomic mass is 16.5. The first-order chi connectivity index (χ1) is 9.63. The first kappa shape index (κ1) is 14.9. The van der Waals surface area contributed by atoms with E-state index in [0.29, 0.717) is 0 Å². The standard InChI is InChI=1S/C17H25NO2/c1-4-5-6-11-16-17(20-13(3)12(2)19)14-9-7-8-10-15(14)18-16/h7-10,12-13,18-19H,4-6,11H2,1-3H3. The van der Waals surface area contributed by atoms with Crippen LogP contribution in [0.5, 0.6) is 5.75 Å². The van der Waals surface area contributed by atoms with E-state index in [4.69, 9.17) is 4.74 Å². The first-order valence-corrected chi connectivity index (χ1v) is 7.57. The summed E-state index contributed by atoms with van der Waals surface area (Å²) < 4.78 is 6.01. The van der Waals surface area contributed by atoms with Crippen molar-refractivity contribution in [3.63, 3.8) is 0 Å². The third-order valence-electron chi connectivity index (χ3n) is 3.74. The molecular weight excluding hydrogens is 250 g/mol. The number of aliphatic hydroxyl groups is 1. The molecule has 3 nitrogen and oxygen atoms in total. The molecule has 1 heterocycles. The summed E-state index contributed by atoms with van der Waals surface area (Å²) in [5.41, 5.74) is 2.25. The minimum absolute atomic E-state index is 0.209. The largest absolute Gasteiger partial charge is 0.485 e. The molecule has 3 heteroatoms. The van der Waals surface area contributed by atoms with Crippen LogP contribution >= 0.6 is 0 Å². The van der Waals surface area contributed by atoms with E-state index in [0.717, 1.165) is 35.2 Å². The highest BCUT2D eigenvalue weighted by Crippen LogP contribution is 2.32. The quantitative estimate of drug-likeness (QED) is 0.749. The Morgan fingerprint density at radius 2 is 1.95 bits per heavy atom. The number of ether oxygens (including phenoxy) is 1. The second-order valence-electron chi connectivity index (χ2n) is 5.50. The number of para-hydroxylation sites is 1. The van der Waals surface area contributed by atoms with Gasteiger partial charge in [0.1, 0.15) is 11.9 Å². The van der Waals surface area contributed by atoms with Gasteiger partial charge in [-0.25, -0.2) is 0 Å². The molecule has 110 valence electrons. The van der Waals surface area contributed by atoms with Crippen molar-refractivity contribution < 1.29 is 9.84 Å². The van der Waals surface area contributed by atoms with Crippen LogP contribution in [-0.2, 0) is 6.42 Å². The fraction of sp³-hybridized carbons (Fsp3) is 0.529. The van der Waals surface area contributed by atoms with Crippen LogP contribution in [0.1, 0.15) is 45.7 Å². The summed E-state index contributed by atoms with van der Waals surface area (Å²) in [6.45, 7) is 5.87. The molecule has 1 aromatic carbocycles. The molecule has 0 aliphatic rings. The maximum atomic E-state index is 9.66. The number of rotatable bonds is 7. The van der Waals surface area contributed by atoms with Crippen LogP contribution in [0.4, 0.5) is 0 Å². The number of aromatic amines is 1. The first-order valence-electron chi connectivity index (χ1n) is 7.57. The number of benzene rings is 1. The van der Waals surface area contributed by atoms with Crippen molar-refractivity contribution >= 4 is 10.9 Å². The number of aromatic nitrogens is 1. The molecule has 1 aromatic heterocycles. The Balaban J connectivity index is 2.29. The van der Waals surface area contributed by atoms with Gasteiger partial charge in [0.15, 0.2) is 0 Å². The SMILES string of the molecule is CCCCCc1[nH]c2ccccc2c1OC(C)C(C)O.